The summed E-state index contributed by atoms with van der Waals surface area (Å²) >= 11 is 6.13. The average molecular weight is 255 g/mol. The normalized spacial score (nSPS) is 14.4. The molecule has 0 aromatic heterocycles. The van der Waals surface area contributed by atoms with Crippen LogP contribution in [0.5, 0.6) is 5.75 Å². The molecule has 0 spiro atoms. The Morgan fingerprint density at radius 3 is 2.59 bits per heavy atom. The van der Waals surface area contributed by atoms with Gasteiger partial charge >= 0.3 is 0 Å². The van der Waals surface area contributed by atoms with Gasteiger partial charge in [-0.2, -0.15) is 0 Å². The number of aryl methyl sites for hydroxylation is 1. The second-order valence-corrected chi connectivity index (χ2v) is 5.45. The fourth-order valence-electron chi connectivity index (χ4n) is 2.31. The van der Waals surface area contributed by atoms with Gasteiger partial charge in [-0.15, -0.1) is 11.6 Å². The molecule has 0 N–H and O–H groups in total. The van der Waals surface area contributed by atoms with Gasteiger partial charge in [0.05, 0.1) is 7.11 Å². The number of hydrogen-bond donors (Lipinski definition) is 0. The Balaban J connectivity index is 2.95. The van der Waals surface area contributed by atoms with Gasteiger partial charge in [0.15, 0.2) is 0 Å². The van der Waals surface area contributed by atoms with E-state index in [0.29, 0.717) is 5.88 Å². The van der Waals surface area contributed by atoms with Crippen molar-refractivity contribution in [3.63, 3.8) is 0 Å². The van der Waals surface area contributed by atoms with Gasteiger partial charge in [-0.05, 0) is 36.8 Å². The Morgan fingerprint density at radius 2 is 2.06 bits per heavy atom. The van der Waals surface area contributed by atoms with E-state index in [1.165, 1.54) is 11.1 Å². The molecule has 0 aliphatic carbocycles. The number of rotatable bonds is 6. The Kier molecular flexibility index (Phi) is 5.32. The molecule has 0 radical (unpaired) electrons. The van der Waals surface area contributed by atoms with Crippen LogP contribution in [0.15, 0.2) is 18.2 Å². The third kappa shape index (κ3) is 3.92. The van der Waals surface area contributed by atoms with Crippen molar-refractivity contribution < 1.29 is 4.74 Å². The van der Waals surface area contributed by atoms with Crippen molar-refractivity contribution in [1.29, 1.82) is 0 Å². The number of alkyl halides is 1. The van der Waals surface area contributed by atoms with E-state index in [2.05, 4.69) is 32.9 Å². The van der Waals surface area contributed by atoms with Gasteiger partial charge in [-0.25, -0.2) is 0 Å². The topological polar surface area (TPSA) is 9.23 Å². The predicted octanol–water partition coefficient (Wildman–Crippen LogP) is 4.59. The molecular weight excluding hydrogens is 232 g/mol. The summed E-state index contributed by atoms with van der Waals surface area (Å²) in [5.41, 5.74) is 2.70. The first-order valence-electron chi connectivity index (χ1n) is 6.24. The van der Waals surface area contributed by atoms with E-state index >= 15 is 0 Å². The zero-order valence-corrected chi connectivity index (χ0v) is 12.1. The SMILES string of the molecule is CCCC(C)(CCl)Cc1cc(C)ccc1OC. The van der Waals surface area contributed by atoms with Crippen molar-refractivity contribution in [2.24, 2.45) is 5.41 Å². The van der Waals surface area contributed by atoms with Crippen LogP contribution in [-0.4, -0.2) is 13.0 Å². The molecule has 96 valence electrons. The van der Waals surface area contributed by atoms with Gasteiger partial charge in [0.1, 0.15) is 5.75 Å². The fourth-order valence-corrected chi connectivity index (χ4v) is 2.54. The Bertz CT molecular complexity index is 362. The summed E-state index contributed by atoms with van der Waals surface area (Å²) < 4.78 is 5.43. The quantitative estimate of drug-likeness (QED) is 0.675. The number of halogens is 1. The summed E-state index contributed by atoms with van der Waals surface area (Å²) in [5, 5.41) is 0. The number of ether oxygens (including phenoxy) is 1. The van der Waals surface area contributed by atoms with Crippen LogP contribution in [0, 0.1) is 12.3 Å². The standard InChI is InChI=1S/C15H23ClO/c1-5-8-15(3,11-16)10-13-9-12(2)6-7-14(13)17-4/h6-7,9H,5,8,10-11H2,1-4H3. The largest absolute Gasteiger partial charge is 0.496 e. The molecule has 1 aromatic carbocycles. The highest BCUT2D eigenvalue weighted by Gasteiger charge is 2.24. The molecule has 1 atom stereocenters. The minimum Gasteiger partial charge on any atom is -0.496 e. The molecule has 0 saturated carbocycles. The highest BCUT2D eigenvalue weighted by molar-refractivity contribution is 6.18. The summed E-state index contributed by atoms with van der Waals surface area (Å²) in [6.07, 6.45) is 3.29. The van der Waals surface area contributed by atoms with Gasteiger partial charge in [-0.1, -0.05) is 38.0 Å². The second kappa shape index (κ2) is 6.30. The molecule has 0 fully saturated rings. The molecule has 2 heteroatoms. The Labute approximate surface area is 110 Å². The molecule has 0 aliphatic rings. The Hall–Kier alpha value is -0.690. The third-order valence-corrected chi connectivity index (χ3v) is 3.87. The highest BCUT2D eigenvalue weighted by atomic mass is 35.5. The first-order chi connectivity index (χ1) is 8.04. The maximum atomic E-state index is 6.13. The van der Waals surface area contributed by atoms with E-state index in [-0.39, 0.29) is 5.41 Å². The van der Waals surface area contributed by atoms with E-state index in [4.69, 9.17) is 16.3 Å². The third-order valence-electron chi connectivity index (χ3n) is 3.23. The smallest absolute Gasteiger partial charge is 0.122 e. The van der Waals surface area contributed by atoms with Crippen molar-refractivity contribution in [2.75, 3.05) is 13.0 Å². The molecule has 1 aromatic rings. The fraction of sp³-hybridized carbons (Fsp3) is 0.600. The summed E-state index contributed by atoms with van der Waals surface area (Å²) in [7, 11) is 1.73. The Morgan fingerprint density at radius 1 is 1.35 bits per heavy atom. The minimum atomic E-state index is 0.164. The van der Waals surface area contributed by atoms with Crippen LogP contribution in [0.3, 0.4) is 0 Å². The molecular formula is C15H23ClO. The summed E-state index contributed by atoms with van der Waals surface area (Å²) in [4.78, 5) is 0. The van der Waals surface area contributed by atoms with Crippen molar-refractivity contribution >= 4 is 11.6 Å². The lowest BCUT2D eigenvalue weighted by atomic mass is 9.81. The first-order valence-corrected chi connectivity index (χ1v) is 6.77. The second-order valence-electron chi connectivity index (χ2n) is 5.19. The number of hydrogen-bond acceptors (Lipinski definition) is 1. The molecule has 0 amide bonds. The molecule has 0 bridgehead atoms. The van der Waals surface area contributed by atoms with E-state index in [9.17, 15) is 0 Å². The summed E-state index contributed by atoms with van der Waals surface area (Å²) in [6, 6.07) is 6.34. The van der Waals surface area contributed by atoms with E-state index in [0.717, 1.165) is 25.0 Å². The van der Waals surface area contributed by atoms with E-state index in [1.807, 2.05) is 6.07 Å². The van der Waals surface area contributed by atoms with Gasteiger partial charge in [0.2, 0.25) is 0 Å². The molecule has 1 unspecified atom stereocenters. The van der Waals surface area contributed by atoms with Gasteiger partial charge in [0, 0.05) is 5.88 Å². The highest BCUT2D eigenvalue weighted by Crippen LogP contribution is 2.33. The van der Waals surface area contributed by atoms with Crippen LogP contribution in [0.2, 0.25) is 0 Å². The van der Waals surface area contributed by atoms with E-state index in [1.54, 1.807) is 7.11 Å². The molecule has 1 rings (SSSR count). The van der Waals surface area contributed by atoms with Crippen LogP contribution in [0.4, 0.5) is 0 Å². The maximum Gasteiger partial charge on any atom is 0.122 e. The summed E-state index contributed by atoms with van der Waals surface area (Å²) in [6.45, 7) is 6.57. The molecule has 17 heavy (non-hydrogen) atoms. The van der Waals surface area contributed by atoms with Crippen LogP contribution >= 0.6 is 11.6 Å². The molecule has 0 saturated heterocycles. The van der Waals surface area contributed by atoms with Crippen LogP contribution in [-0.2, 0) is 6.42 Å². The van der Waals surface area contributed by atoms with Crippen LogP contribution in [0.1, 0.15) is 37.8 Å². The van der Waals surface area contributed by atoms with Crippen molar-refractivity contribution in [2.45, 2.75) is 40.0 Å². The van der Waals surface area contributed by atoms with Crippen molar-refractivity contribution in [1.82, 2.24) is 0 Å². The lowest BCUT2D eigenvalue weighted by Gasteiger charge is -2.27. The van der Waals surface area contributed by atoms with E-state index < -0.39 is 0 Å². The zero-order valence-electron chi connectivity index (χ0n) is 11.3. The predicted molar refractivity (Wildman–Crippen MR) is 75.2 cm³/mol. The molecule has 0 heterocycles. The lowest BCUT2D eigenvalue weighted by Crippen LogP contribution is -2.22. The minimum absolute atomic E-state index is 0.164. The van der Waals surface area contributed by atoms with Gasteiger partial charge in [-0.3, -0.25) is 0 Å². The van der Waals surface area contributed by atoms with Gasteiger partial charge < -0.3 is 4.74 Å². The monoisotopic (exact) mass is 254 g/mol. The lowest BCUT2D eigenvalue weighted by molar-refractivity contribution is 0.326. The zero-order chi connectivity index (χ0) is 12.9. The van der Waals surface area contributed by atoms with Crippen molar-refractivity contribution in [3.05, 3.63) is 29.3 Å². The van der Waals surface area contributed by atoms with Gasteiger partial charge in [0.25, 0.3) is 0 Å². The van der Waals surface area contributed by atoms with Crippen LogP contribution < -0.4 is 4.74 Å². The average Bonchev–Trinajstić information content (AvgIpc) is 2.29. The molecule has 1 nitrogen and oxygen atoms in total. The first kappa shape index (κ1) is 14.4. The number of methoxy groups -OCH3 is 1. The van der Waals surface area contributed by atoms with Crippen molar-refractivity contribution in [3.8, 4) is 5.75 Å². The van der Waals surface area contributed by atoms with Crippen LogP contribution in [0.25, 0.3) is 0 Å². The maximum absolute atomic E-state index is 6.13. The number of benzene rings is 1. The summed E-state index contributed by atoms with van der Waals surface area (Å²) in [5.74, 6) is 1.67. The molecule has 0 aliphatic heterocycles.